The average Bonchev–Trinajstić information content (AvgIpc) is 2.77. The summed E-state index contributed by atoms with van der Waals surface area (Å²) >= 11 is 12.2. The highest BCUT2D eigenvalue weighted by molar-refractivity contribution is 6.35. The second-order valence-electron chi connectivity index (χ2n) is 7.20. The highest BCUT2D eigenvalue weighted by Gasteiger charge is 2.30. The summed E-state index contributed by atoms with van der Waals surface area (Å²) in [5, 5.41) is 11.0. The van der Waals surface area contributed by atoms with Crippen LogP contribution in [0, 0.1) is 0 Å². The Bertz CT molecular complexity index is 1420. The molecule has 0 aliphatic heterocycles. The maximum absolute atomic E-state index is 12.7. The van der Waals surface area contributed by atoms with Crippen molar-refractivity contribution in [3.05, 3.63) is 103 Å². The molecule has 168 valence electrons. The fraction of sp³-hybridized carbons (Fsp3) is 0.0870. The van der Waals surface area contributed by atoms with Crippen molar-refractivity contribution in [1.82, 2.24) is 10.2 Å². The molecule has 0 aliphatic rings. The SMILES string of the molecule is O=C(Nc1ccc2c(Cc3ccc(Cl)cc3Cl)n[nH]c(=O)c2c1)c1ccc(C(F)(F)F)cc1. The molecule has 0 radical (unpaired) electrons. The molecule has 4 aromatic rings. The zero-order valence-corrected chi connectivity index (χ0v) is 18.1. The minimum Gasteiger partial charge on any atom is -0.322 e. The number of rotatable bonds is 4. The number of carbonyl (C=O) groups is 1. The first-order valence-electron chi connectivity index (χ1n) is 9.55. The number of fused-ring (bicyclic) bond motifs is 1. The highest BCUT2D eigenvalue weighted by Crippen LogP contribution is 2.29. The van der Waals surface area contributed by atoms with Crippen molar-refractivity contribution in [3.8, 4) is 0 Å². The number of hydrogen-bond acceptors (Lipinski definition) is 3. The summed E-state index contributed by atoms with van der Waals surface area (Å²) in [4.78, 5) is 24.8. The Kier molecular flexibility index (Phi) is 6.14. The normalized spacial score (nSPS) is 11.5. The van der Waals surface area contributed by atoms with Gasteiger partial charge in [-0.15, -0.1) is 0 Å². The number of hydrogen-bond donors (Lipinski definition) is 2. The molecule has 1 aromatic heterocycles. The van der Waals surface area contributed by atoms with Crippen LogP contribution in [0.25, 0.3) is 10.8 Å². The van der Waals surface area contributed by atoms with Crippen molar-refractivity contribution < 1.29 is 18.0 Å². The van der Waals surface area contributed by atoms with Crippen molar-refractivity contribution >= 4 is 45.6 Å². The molecule has 0 saturated carbocycles. The Morgan fingerprint density at radius 3 is 2.36 bits per heavy atom. The molecule has 10 heteroatoms. The Morgan fingerprint density at radius 2 is 1.70 bits per heavy atom. The molecule has 0 aliphatic carbocycles. The van der Waals surface area contributed by atoms with E-state index < -0.39 is 23.2 Å². The molecule has 0 fully saturated rings. The van der Waals surface area contributed by atoms with Gasteiger partial charge in [0.2, 0.25) is 0 Å². The number of nitrogens with zero attached hydrogens (tertiary/aromatic N) is 1. The molecular weight excluding hydrogens is 478 g/mol. The first kappa shape index (κ1) is 22.8. The summed E-state index contributed by atoms with van der Waals surface area (Å²) in [5.41, 5.74) is 0.374. The Morgan fingerprint density at radius 1 is 0.970 bits per heavy atom. The zero-order valence-electron chi connectivity index (χ0n) is 16.6. The molecule has 0 spiro atoms. The zero-order chi connectivity index (χ0) is 23.8. The van der Waals surface area contributed by atoms with E-state index in [-0.39, 0.29) is 10.9 Å². The first-order valence-corrected chi connectivity index (χ1v) is 10.3. The number of benzene rings is 3. The number of amides is 1. The minimum atomic E-state index is -4.49. The third kappa shape index (κ3) is 5.02. The minimum absolute atomic E-state index is 0.0461. The number of anilines is 1. The second-order valence-corrected chi connectivity index (χ2v) is 8.05. The molecule has 5 nitrogen and oxygen atoms in total. The van der Waals surface area contributed by atoms with E-state index in [1.165, 1.54) is 6.07 Å². The predicted molar refractivity (Wildman–Crippen MR) is 121 cm³/mol. The number of halogens is 5. The summed E-state index contributed by atoms with van der Waals surface area (Å²) in [6.45, 7) is 0. The van der Waals surface area contributed by atoms with Crippen molar-refractivity contribution in [2.45, 2.75) is 12.6 Å². The third-order valence-electron chi connectivity index (χ3n) is 4.97. The molecule has 0 bridgehead atoms. The largest absolute Gasteiger partial charge is 0.416 e. The summed E-state index contributed by atoms with van der Waals surface area (Å²) in [6, 6.07) is 13.6. The first-order chi connectivity index (χ1) is 15.6. The quantitative estimate of drug-likeness (QED) is 0.362. The summed E-state index contributed by atoms with van der Waals surface area (Å²) in [7, 11) is 0. The number of H-pyrrole nitrogens is 1. The Balaban J connectivity index is 1.61. The van der Waals surface area contributed by atoms with Crippen LogP contribution in [0.15, 0.2) is 65.5 Å². The van der Waals surface area contributed by atoms with Crippen molar-refractivity contribution in [1.29, 1.82) is 0 Å². The molecule has 3 aromatic carbocycles. The average molecular weight is 492 g/mol. The number of nitrogens with one attached hydrogen (secondary N) is 2. The van der Waals surface area contributed by atoms with E-state index in [9.17, 15) is 22.8 Å². The van der Waals surface area contributed by atoms with E-state index in [0.717, 1.165) is 29.8 Å². The lowest BCUT2D eigenvalue weighted by molar-refractivity contribution is -0.137. The van der Waals surface area contributed by atoms with Gasteiger partial charge >= 0.3 is 6.18 Å². The van der Waals surface area contributed by atoms with Gasteiger partial charge in [0, 0.05) is 33.1 Å². The van der Waals surface area contributed by atoms with E-state index >= 15 is 0 Å². The number of alkyl halides is 3. The van der Waals surface area contributed by atoms with E-state index in [0.29, 0.717) is 33.2 Å². The van der Waals surface area contributed by atoms with Crippen LogP contribution in [-0.2, 0) is 12.6 Å². The smallest absolute Gasteiger partial charge is 0.322 e. The van der Waals surface area contributed by atoms with Crippen molar-refractivity contribution in [3.63, 3.8) is 0 Å². The van der Waals surface area contributed by atoms with Crippen LogP contribution < -0.4 is 10.9 Å². The lowest BCUT2D eigenvalue weighted by atomic mass is 10.0. The third-order valence-corrected chi connectivity index (χ3v) is 5.56. The van der Waals surface area contributed by atoms with Crippen LogP contribution in [0.1, 0.15) is 27.2 Å². The van der Waals surface area contributed by atoms with Gasteiger partial charge in [-0.2, -0.15) is 18.3 Å². The van der Waals surface area contributed by atoms with Gasteiger partial charge in [-0.25, -0.2) is 5.10 Å². The topological polar surface area (TPSA) is 74.8 Å². The molecule has 0 atom stereocenters. The number of carbonyl (C=O) groups excluding carboxylic acids is 1. The van der Waals surface area contributed by atoms with Gasteiger partial charge in [0.1, 0.15) is 0 Å². The second kappa shape index (κ2) is 8.88. The molecule has 1 heterocycles. The van der Waals surface area contributed by atoms with Crippen LogP contribution in [0.2, 0.25) is 10.0 Å². The van der Waals surface area contributed by atoms with Crippen LogP contribution in [-0.4, -0.2) is 16.1 Å². The van der Waals surface area contributed by atoms with Gasteiger partial charge in [-0.05, 0) is 54.1 Å². The maximum Gasteiger partial charge on any atom is 0.416 e. The van der Waals surface area contributed by atoms with Gasteiger partial charge in [0.05, 0.1) is 16.6 Å². The van der Waals surface area contributed by atoms with Crippen LogP contribution in [0.3, 0.4) is 0 Å². The lowest BCUT2D eigenvalue weighted by Crippen LogP contribution is -2.15. The van der Waals surface area contributed by atoms with Gasteiger partial charge in [0.15, 0.2) is 0 Å². The fourth-order valence-electron chi connectivity index (χ4n) is 3.29. The molecule has 2 N–H and O–H groups in total. The van der Waals surface area contributed by atoms with Gasteiger partial charge in [0.25, 0.3) is 11.5 Å². The standard InChI is InChI=1S/C23H14Cl2F3N3O2/c24-15-6-3-13(19(25)10-15)9-20-17-8-7-16(11-18(17)22(33)31-30-20)29-21(32)12-1-4-14(5-2-12)23(26,27)28/h1-8,10-11H,9H2,(H,29,32)(H,31,33). The summed E-state index contributed by atoms with van der Waals surface area (Å²) in [6.07, 6.45) is -4.16. The van der Waals surface area contributed by atoms with Crippen LogP contribution >= 0.6 is 23.2 Å². The number of aromatic nitrogens is 2. The maximum atomic E-state index is 12.7. The van der Waals surface area contributed by atoms with Crippen LogP contribution in [0.4, 0.5) is 18.9 Å². The molecule has 33 heavy (non-hydrogen) atoms. The van der Waals surface area contributed by atoms with Gasteiger partial charge in [-0.1, -0.05) is 35.3 Å². The lowest BCUT2D eigenvalue weighted by Gasteiger charge is -2.10. The highest BCUT2D eigenvalue weighted by atomic mass is 35.5. The fourth-order valence-corrected chi connectivity index (χ4v) is 3.77. The molecular formula is C23H14Cl2F3N3O2. The summed E-state index contributed by atoms with van der Waals surface area (Å²) < 4.78 is 38.1. The van der Waals surface area contributed by atoms with E-state index in [1.807, 2.05) is 0 Å². The van der Waals surface area contributed by atoms with E-state index in [2.05, 4.69) is 15.5 Å². The van der Waals surface area contributed by atoms with Gasteiger partial charge < -0.3 is 5.32 Å². The molecule has 0 unspecified atom stereocenters. The summed E-state index contributed by atoms with van der Waals surface area (Å²) in [5.74, 6) is -0.610. The number of aromatic amines is 1. The van der Waals surface area contributed by atoms with E-state index in [1.54, 1.807) is 30.3 Å². The monoisotopic (exact) mass is 491 g/mol. The van der Waals surface area contributed by atoms with Crippen molar-refractivity contribution in [2.24, 2.45) is 0 Å². The molecule has 0 saturated heterocycles. The van der Waals surface area contributed by atoms with Crippen LogP contribution in [0.5, 0.6) is 0 Å². The Hall–Kier alpha value is -3.36. The van der Waals surface area contributed by atoms with Crippen molar-refractivity contribution in [2.75, 3.05) is 5.32 Å². The molecule has 4 rings (SSSR count). The van der Waals surface area contributed by atoms with Gasteiger partial charge in [-0.3, -0.25) is 9.59 Å². The predicted octanol–water partition coefficient (Wildman–Crippen LogP) is 6.09. The molecule has 1 amide bonds. The Labute approximate surface area is 195 Å². The van der Waals surface area contributed by atoms with E-state index in [4.69, 9.17) is 23.2 Å².